The van der Waals surface area contributed by atoms with Gasteiger partial charge in [0.1, 0.15) is 5.82 Å². The van der Waals surface area contributed by atoms with Crippen molar-refractivity contribution in [3.05, 3.63) is 22.8 Å². The molecule has 0 aliphatic heterocycles. The van der Waals surface area contributed by atoms with Crippen molar-refractivity contribution in [2.45, 2.75) is 25.7 Å². The number of thioether (sulfide) groups is 1. The van der Waals surface area contributed by atoms with E-state index in [9.17, 15) is 0 Å². The van der Waals surface area contributed by atoms with Gasteiger partial charge in [0.15, 0.2) is 0 Å². The van der Waals surface area contributed by atoms with Gasteiger partial charge < -0.3 is 5.32 Å². The first-order valence-electron chi connectivity index (χ1n) is 5.68. The number of aromatic nitrogens is 1. The lowest BCUT2D eigenvalue weighted by Gasteiger charge is -2.06. The molecule has 1 aromatic rings. The Morgan fingerprint density at radius 3 is 2.88 bits per heavy atom. The highest BCUT2D eigenvalue weighted by Gasteiger charge is 1.97. The standard InChI is InChI=1S/C12H19BrN2S/c1-16-10-5-3-2-4-8-14-12-11(13)7-6-9-15-12/h6-7,9H,2-5,8,10H2,1H3,(H,14,15). The number of nitrogens with one attached hydrogen (secondary N) is 1. The summed E-state index contributed by atoms with van der Waals surface area (Å²) in [5, 5.41) is 3.34. The first-order chi connectivity index (χ1) is 7.84. The van der Waals surface area contributed by atoms with Crippen LogP contribution in [-0.4, -0.2) is 23.5 Å². The highest BCUT2D eigenvalue weighted by molar-refractivity contribution is 9.10. The molecule has 1 rings (SSSR count). The molecule has 4 heteroatoms. The van der Waals surface area contributed by atoms with Crippen LogP contribution in [0.4, 0.5) is 5.82 Å². The van der Waals surface area contributed by atoms with Gasteiger partial charge in [-0.25, -0.2) is 4.98 Å². The van der Waals surface area contributed by atoms with Gasteiger partial charge in [-0.15, -0.1) is 0 Å². The van der Waals surface area contributed by atoms with E-state index in [4.69, 9.17) is 0 Å². The summed E-state index contributed by atoms with van der Waals surface area (Å²) in [5.74, 6) is 2.24. The first kappa shape index (κ1) is 13.8. The summed E-state index contributed by atoms with van der Waals surface area (Å²) >= 11 is 5.40. The first-order valence-corrected chi connectivity index (χ1v) is 7.86. The third-order valence-electron chi connectivity index (χ3n) is 2.33. The molecule has 0 aliphatic carbocycles. The second-order valence-electron chi connectivity index (χ2n) is 3.67. The molecule has 0 bridgehead atoms. The molecule has 0 aromatic carbocycles. The third-order valence-corrected chi connectivity index (χ3v) is 3.66. The summed E-state index contributed by atoms with van der Waals surface area (Å²) in [7, 11) is 0. The van der Waals surface area contributed by atoms with Gasteiger partial charge in [-0.3, -0.25) is 0 Å². The molecule has 1 heterocycles. The highest BCUT2D eigenvalue weighted by Crippen LogP contribution is 2.18. The van der Waals surface area contributed by atoms with Gasteiger partial charge >= 0.3 is 0 Å². The van der Waals surface area contributed by atoms with E-state index in [2.05, 4.69) is 32.5 Å². The average Bonchev–Trinajstić information content (AvgIpc) is 2.30. The Morgan fingerprint density at radius 1 is 1.31 bits per heavy atom. The molecule has 0 radical (unpaired) electrons. The SMILES string of the molecule is CSCCCCCCNc1ncccc1Br. The fourth-order valence-corrected chi connectivity index (χ4v) is 2.34. The summed E-state index contributed by atoms with van der Waals surface area (Å²) in [5.41, 5.74) is 0. The van der Waals surface area contributed by atoms with E-state index in [0.29, 0.717) is 0 Å². The average molecular weight is 303 g/mol. The van der Waals surface area contributed by atoms with Crippen LogP contribution in [0.25, 0.3) is 0 Å². The molecule has 0 atom stereocenters. The van der Waals surface area contributed by atoms with Crippen LogP contribution >= 0.6 is 27.7 Å². The fraction of sp³-hybridized carbons (Fsp3) is 0.583. The molecule has 0 aliphatic rings. The lowest BCUT2D eigenvalue weighted by Crippen LogP contribution is -2.03. The molecule has 0 amide bonds. The number of nitrogens with zero attached hydrogens (tertiary/aromatic N) is 1. The van der Waals surface area contributed by atoms with Crippen molar-refractivity contribution in [3.63, 3.8) is 0 Å². The van der Waals surface area contributed by atoms with Gasteiger partial charge in [-0.05, 0) is 52.9 Å². The van der Waals surface area contributed by atoms with Crippen molar-refractivity contribution in [1.82, 2.24) is 4.98 Å². The summed E-state index contributed by atoms with van der Waals surface area (Å²) in [6.07, 6.45) is 9.18. The summed E-state index contributed by atoms with van der Waals surface area (Å²) in [6, 6.07) is 3.94. The van der Waals surface area contributed by atoms with Crippen molar-refractivity contribution in [3.8, 4) is 0 Å². The summed E-state index contributed by atoms with van der Waals surface area (Å²) in [6.45, 7) is 1.01. The molecule has 2 nitrogen and oxygen atoms in total. The molecule has 0 spiro atoms. The fourth-order valence-electron chi connectivity index (χ4n) is 1.45. The Morgan fingerprint density at radius 2 is 2.12 bits per heavy atom. The maximum atomic E-state index is 4.26. The van der Waals surface area contributed by atoms with Crippen LogP contribution in [0.3, 0.4) is 0 Å². The Balaban J connectivity index is 2.05. The van der Waals surface area contributed by atoms with Crippen LogP contribution < -0.4 is 5.32 Å². The molecule has 0 saturated heterocycles. The maximum absolute atomic E-state index is 4.26. The minimum Gasteiger partial charge on any atom is -0.369 e. The van der Waals surface area contributed by atoms with Crippen molar-refractivity contribution in [2.75, 3.05) is 23.9 Å². The number of hydrogen-bond acceptors (Lipinski definition) is 3. The van der Waals surface area contributed by atoms with E-state index in [1.807, 2.05) is 30.1 Å². The van der Waals surface area contributed by atoms with Crippen LogP contribution in [0.2, 0.25) is 0 Å². The van der Waals surface area contributed by atoms with Crippen LogP contribution in [0.5, 0.6) is 0 Å². The Bertz CT molecular complexity index is 294. The minimum absolute atomic E-state index is 0.951. The van der Waals surface area contributed by atoms with Gasteiger partial charge in [-0.1, -0.05) is 12.8 Å². The Kier molecular flexibility index (Phi) is 7.68. The second kappa shape index (κ2) is 8.88. The zero-order valence-electron chi connectivity index (χ0n) is 9.71. The van der Waals surface area contributed by atoms with Crippen LogP contribution in [0.15, 0.2) is 22.8 Å². The minimum atomic E-state index is 0.951. The smallest absolute Gasteiger partial charge is 0.140 e. The molecule has 0 unspecified atom stereocenters. The number of pyridine rings is 1. The molecule has 16 heavy (non-hydrogen) atoms. The second-order valence-corrected chi connectivity index (χ2v) is 5.51. The molecular weight excluding hydrogens is 284 g/mol. The zero-order chi connectivity index (χ0) is 11.6. The summed E-state index contributed by atoms with van der Waals surface area (Å²) < 4.78 is 1.04. The Labute approximate surface area is 111 Å². The van der Waals surface area contributed by atoms with E-state index in [0.717, 1.165) is 16.8 Å². The van der Waals surface area contributed by atoms with E-state index in [1.54, 1.807) is 0 Å². The molecule has 0 fully saturated rings. The highest BCUT2D eigenvalue weighted by atomic mass is 79.9. The number of unbranched alkanes of at least 4 members (excludes halogenated alkanes) is 3. The van der Waals surface area contributed by atoms with Gasteiger partial charge in [-0.2, -0.15) is 11.8 Å². The largest absolute Gasteiger partial charge is 0.369 e. The lowest BCUT2D eigenvalue weighted by atomic mass is 10.2. The number of halogens is 1. The van der Waals surface area contributed by atoms with Crippen LogP contribution in [-0.2, 0) is 0 Å². The lowest BCUT2D eigenvalue weighted by molar-refractivity contribution is 0.688. The molecule has 1 aromatic heterocycles. The van der Waals surface area contributed by atoms with Gasteiger partial charge in [0.2, 0.25) is 0 Å². The Hall–Kier alpha value is -0.220. The van der Waals surface area contributed by atoms with Crippen molar-refractivity contribution in [1.29, 1.82) is 0 Å². The molecule has 90 valence electrons. The normalized spacial score (nSPS) is 10.4. The van der Waals surface area contributed by atoms with E-state index in [-0.39, 0.29) is 0 Å². The van der Waals surface area contributed by atoms with Crippen molar-refractivity contribution < 1.29 is 0 Å². The number of rotatable bonds is 8. The van der Waals surface area contributed by atoms with Gasteiger partial charge in [0, 0.05) is 12.7 Å². The van der Waals surface area contributed by atoms with Gasteiger partial charge in [0.05, 0.1) is 4.47 Å². The molecule has 0 saturated carbocycles. The third kappa shape index (κ3) is 5.75. The topological polar surface area (TPSA) is 24.9 Å². The van der Waals surface area contributed by atoms with E-state index in [1.165, 1.54) is 31.4 Å². The zero-order valence-corrected chi connectivity index (χ0v) is 12.1. The van der Waals surface area contributed by atoms with E-state index < -0.39 is 0 Å². The number of hydrogen-bond donors (Lipinski definition) is 1. The monoisotopic (exact) mass is 302 g/mol. The summed E-state index contributed by atoms with van der Waals surface area (Å²) in [4.78, 5) is 4.26. The molecule has 1 N–H and O–H groups in total. The van der Waals surface area contributed by atoms with Crippen LogP contribution in [0, 0.1) is 0 Å². The van der Waals surface area contributed by atoms with Crippen molar-refractivity contribution in [2.24, 2.45) is 0 Å². The van der Waals surface area contributed by atoms with Gasteiger partial charge in [0.25, 0.3) is 0 Å². The van der Waals surface area contributed by atoms with Crippen molar-refractivity contribution >= 4 is 33.5 Å². The maximum Gasteiger partial charge on any atom is 0.140 e. The van der Waals surface area contributed by atoms with Crippen LogP contribution in [0.1, 0.15) is 25.7 Å². The predicted molar refractivity (Wildman–Crippen MR) is 77.3 cm³/mol. The molecular formula is C12H19BrN2S. The predicted octanol–water partition coefficient (Wildman–Crippen LogP) is 4.18. The van der Waals surface area contributed by atoms with E-state index >= 15 is 0 Å². The quantitative estimate of drug-likeness (QED) is 0.729. The number of anilines is 1.